The second-order valence-electron chi connectivity index (χ2n) is 3.88. The minimum Gasteiger partial charge on any atom is -0.409 e. The second kappa shape index (κ2) is 6.16. The summed E-state index contributed by atoms with van der Waals surface area (Å²) in [7, 11) is 0. The van der Waals surface area contributed by atoms with Gasteiger partial charge in [0.25, 0.3) is 5.91 Å². The molecule has 0 radical (unpaired) electrons. The molecular formula is C13H11BrN4O2. The van der Waals surface area contributed by atoms with Crippen LogP contribution in [0.4, 0.5) is 5.69 Å². The van der Waals surface area contributed by atoms with Gasteiger partial charge in [-0.05, 0) is 46.3 Å². The fourth-order valence-electron chi connectivity index (χ4n) is 1.53. The standard InChI is InChI=1S/C13H11BrN4O2/c14-10-6-8(12(15)18-20)3-4-11(10)17-13(19)9-2-1-5-16-7-9/h1-7,20H,(H2,15,18)(H,17,19). The molecule has 0 saturated carbocycles. The van der Waals surface area contributed by atoms with E-state index >= 15 is 0 Å². The molecule has 0 spiro atoms. The molecule has 0 aliphatic heterocycles. The molecule has 0 bridgehead atoms. The van der Waals surface area contributed by atoms with Gasteiger partial charge in [-0.3, -0.25) is 9.78 Å². The number of amides is 1. The van der Waals surface area contributed by atoms with Gasteiger partial charge in [0.05, 0.1) is 11.3 Å². The van der Waals surface area contributed by atoms with Crippen molar-refractivity contribution in [1.82, 2.24) is 4.98 Å². The number of rotatable bonds is 3. The largest absolute Gasteiger partial charge is 0.409 e. The van der Waals surface area contributed by atoms with Crippen molar-refractivity contribution in [2.24, 2.45) is 10.9 Å². The summed E-state index contributed by atoms with van der Waals surface area (Å²) in [5.74, 6) is -0.272. The Kier molecular flexibility index (Phi) is 4.31. The van der Waals surface area contributed by atoms with Gasteiger partial charge in [0.1, 0.15) is 0 Å². The first-order valence-corrected chi connectivity index (χ1v) is 6.40. The zero-order valence-electron chi connectivity index (χ0n) is 10.2. The lowest BCUT2D eigenvalue weighted by Crippen LogP contribution is -2.15. The van der Waals surface area contributed by atoms with Crippen molar-refractivity contribution in [2.75, 3.05) is 5.32 Å². The highest BCUT2D eigenvalue weighted by atomic mass is 79.9. The maximum Gasteiger partial charge on any atom is 0.257 e. The first kappa shape index (κ1) is 14.0. The Morgan fingerprint density at radius 2 is 2.15 bits per heavy atom. The summed E-state index contributed by atoms with van der Waals surface area (Å²) >= 11 is 3.32. The molecule has 1 aromatic heterocycles. The molecule has 102 valence electrons. The highest BCUT2D eigenvalue weighted by molar-refractivity contribution is 9.10. The van der Waals surface area contributed by atoms with E-state index in [0.29, 0.717) is 21.3 Å². The molecule has 6 nitrogen and oxygen atoms in total. The number of pyridine rings is 1. The lowest BCUT2D eigenvalue weighted by atomic mass is 10.2. The third-order valence-electron chi connectivity index (χ3n) is 2.54. The number of anilines is 1. The number of carbonyl (C=O) groups excluding carboxylic acids is 1. The van der Waals surface area contributed by atoms with Gasteiger partial charge in [0.2, 0.25) is 0 Å². The van der Waals surface area contributed by atoms with Gasteiger partial charge < -0.3 is 16.3 Å². The summed E-state index contributed by atoms with van der Waals surface area (Å²) in [6, 6.07) is 8.30. The molecule has 0 aliphatic rings. The molecule has 7 heteroatoms. The molecule has 0 saturated heterocycles. The van der Waals surface area contributed by atoms with E-state index in [4.69, 9.17) is 10.9 Å². The van der Waals surface area contributed by atoms with Crippen molar-refractivity contribution in [2.45, 2.75) is 0 Å². The third kappa shape index (κ3) is 3.12. The summed E-state index contributed by atoms with van der Waals surface area (Å²) in [5.41, 5.74) is 7.07. The zero-order chi connectivity index (χ0) is 14.5. The fraction of sp³-hybridized carbons (Fsp3) is 0. The monoisotopic (exact) mass is 334 g/mol. The third-order valence-corrected chi connectivity index (χ3v) is 3.20. The van der Waals surface area contributed by atoms with Gasteiger partial charge in [-0.2, -0.15) is 0 Å². The lowest BCUT2D eigenvalue weighted by Gasteiger charge is -2.08. The number of nitrogens with zero attached hydrogens (tertiary/aromatic N) is 2. The number of amidine groups is 1. The zero-order valence-corrected chi connectivity index (χ0v) is 11.8. The number of carbonyl (C=O) groups is 1. The Morgan fingerprint density at radius 3 is 2.75 bits per heavy atom. The number of halogens is 1. The van der Waals surface area contributed by atoms with Crippen molar-refractivity contribution in [3.63, 3.8) is 0 Å². The molecule has 2 rings (SSSR count). The minimum absolute atomic E-state index is 0.00386. The van der Waals surface area contributed by atoms with Gasteiger partial charge in [0, 0.05) is 22.4 Å². The number of aromatic nitrogens is 1. The SMILES string of the molecule is N/C(=N/O)c1ccc(NC(=O)c2cccnc2)c(Br)c1. The molecule has 0 unspecified atom stereocenters. The fourth-order valence-corrected chi connectivity index (χ4v) is 2.00. The summed E-state index contributed by atoms with van der Waals surface area (Å²) in [4.78, 5) is 15.9. The molecule has 20 heavy (non-hydrogen) atoms. The molecule has 0 fully saturated rings. The minimum atomic E-state index is -0.268. The quantitative estimate of drug-likeness (QED) is 0.346. The predicted octanol–water partition coefficient (Wildman–Crippen LogP) is 2.19. The van der Waals surface area contributed by atoms with E-state index in [1.54, 1.807) is 36.5 Å². The van der Waals surface area contributed by atoms with Crippen molar-refractivity contribution < 1.29 is 10.0 Å². The predicted molar refractivity (Wildman–Crippen MR) is 78.8 cm³/mol. The van der Waals surface area contributed by atoms with Crippen LogP contribution in [0, 0.1) is 0 Å². The smallest absolute Gasteiger partial charge is 0.257 e. The van der Waals surface area contributed by atoms with E-state index in [9.17, 15) is 4.79 Å². The van der Waals surface area contributed by atoms with Crippen LogP contribution in [0.3, 0.4) is 0 Å². The van der Waals surface area contributed by atoms with Gasteiger partial charge in [0.15, 0.2) is 5.84 Å². The molecule has 0 atom stereocenters. The Hall–Kier alpha value is -2.41. The van der Waals surface area contributed by atoms with E-state index in [1.807, 2.05) is 0 Å². The molecule has 1 amide bonds. The molecule has 1 heterocycles. The van der Waals surface area contributed by atoms with Gasteiger partial charge in [-0.1, -0.05) is 5.16 Å². The Balaban J connectivity index is 2.21. The Labute approximate surface area is 123 Å². The van der Waals surface area contributed by atoms with Gasteiger partial charge in [-0.25, -0.2) is 0 Å². The van der Waals surface area contributed by atoms with Crippen molar-refractivity contribution in [3.8, 4) is 0 Å². The van der Waals surface area contributed by atoms with Crippen LogP contribution in [-0.4, -0.2) is 21.9 Å². The van der Waals surface area contributed by atoms with Crippen LogP contribution in [-0.2, 0) is 0 Å². The van der Waals surface area contributed by atoms with Crippen LogP contribution in [0.1, 0.15) is 15.9 Å². The molecule has 2 aromatic rings. The highest BCUT2D eigenvalue weighted by Crippen LogP contribution is 2.24. The first-order valence-electron chi connectivity index (χ1n) is 5.60. The molecule has 0 aliphatic carbocycles. The second-order valence-corrected chi connectivity index (χ2v) is 4.73. The molecular weight excluding hydrogens is 324 g/mol. The highest BCUT2D eigenvalue weighted by Gasteiger charge is 2.09. The number of hydrogen-bond donors (Lipinski definition) is 3. The van der Waals surface area contributed by atoms with E-state index < -0.39 is 0 Å². The molecule has 1 aromatic carbocycles. The van der Waals surface area contributed by atoms with E-state index in [2.05, 4.69) is 31.4 Å². The van der Waals surface area contributed by atoms with Crippen molar-refractivity contribution in [1.29, 1.82) is 0 Å². The maximum atomic E-state index is 12.0. The van der Waals surface area contributed by atoms with Crippen molar-refractivity contribution >= 4 is 33.4 Å². The lowest BCUT2D eigenvalue weighted by molar-refractivity contribution is 0.102. The van der Waals surface area contributed by atoms with Crippen LogP contribution >= 0.6 is 15.9 Å². The average Bonchev–Trinajstić information content (AvgIpc) is 2.49. The van der Waals surface area contributed by atoms with Crippen LogP contribution in [0.25, 0.3) is 0 Å². The van der Waals surface area contributed by atoms with Crippen LogP contribution < -0.4 is 11.1 Å². The maximum absolute atomic E-state index is 12.0. The number of nitrogens with one attached hydrogen (secondary N) is 1. The van der Waals surface area contributed by atoms with Crippen molar-refractivity contribution in [3.05, 3.63) is 58.3 Å². The topological polar surface area (TPSA) is 101 Å². The number of oxime groups is 1. The normalized spacial score (nSPS) is 11.2. The van der Waals surface area contributed by atoms with Gasteiger partial charge >= 0.3 is 0 Å². The van der Waals surface area contributed by atoms with E-state index in [1.165, 1.54) is 6.20 Å². The molecule has 4 N–H and O–H groups in total. The number of hydrogen-bond acceptors (Lipinski definition) is 4. The van der Waals surface area contributed by atoms with E-state index in [0.717, 1.165) is 0 Å². The van der Waals surface area contributed by atoms with Crippen LogP contribution in [0.2, 0.25) is 0 Å². The van der Waals surface area contributed by atoms with Crippen LogP contribution in [0.15, 0.2) is 52.4 Å². The number of nitrogens with two attached hydrogens (primary N) is 1. The van der Waals surface area contributed by atoms with Gasteiger partial charge in [-0.15, -0.1) is 0 Å². The summed E-state index contributed by atoms with van der Waals surface area (Å²) < 4.78 is 0.624. The average molecular weight is 335 g/mol. The first-order chi connectivity index (χ1) is 9.61. The summed E-state index contributed by atoms with van der Waals surface area (Å²) in [5, 5.41) is 14.3. The Bertz CT molecular complexity index is 659. The summed E-state index contributed by atoms with van der Waals surface area (Å²) in [6.07, 6.45) is 3.08. The Morgan fingerprint density at radius 1 is 1.35 bits per heavy atom. The van der Waals surface area contributed by atoms with E-state index in [-0.39, 0.29) is 11.7 Å². The number of benzene rings is 1. The summed E-state index contributed by atoms with van der Waals surface area (Å²) in [6.45, 7) is 0. The van der Waals surface area contributed by atoms with Crippen LogP contribution in [0.5, 0.6) is 0 Å².